The number of ether oxygens (including phenoxy) is 1. The van der Waals surface area contributed by atoms with E-state index < -0.39 is 23.8 Å². The van der Waals surface area contributed by atoms with Gasteiger partial charge in [0, 0.05) is 15.5 Å². The summed E-state index contributed by atoms with van der Waals surface area (Å²) in [6, 6.07) is 7.10. The van der Waals surface area contributed by atoms with E-state index in [0.717, 1.165) is 23.3 Å². The molecule has 1 aliphatic rings. The molecule has 1 saturated carbocycles. The van der Waals surface area contributed by atoms with Crippen LogP contribution in [0.2, 0.25) is 5.02 Å². The van der Waals surface area contributed by atoms with Gasteiger partial charge in [-0.3, -0.25) is 9.59 Å². The van der Waals surface area contributed by atoms with E-state index >= 15 is 0 Å². The fraction of sp³-hybridized carbons (Fsp3) is 0.409. The summed E-state index contributed by atoms with van der Waals surface area (Å²) in [6.07, 6.45) is 2.61. The number of halogens is 1. The van der Waals surface area contributed by atoms with Gasteiger partial charge in [0.15, 0.2) is 0 Å². The lowest BCUT2D eigenvalue weighted by molar-refractivity contribution is -0.147. The first kappa shape index (κ1) is 22.3. The molecule has 3 rings (SSSR count). The molecule has 0 spiro atoms. The molecular formula is C22H24ClNO5S. The van der Waals surface area contributed by atoms with Crippen LogP contribution >= 0.6 is 22.9 Å². The molecule has 0 bridgehead atoms. The third-order valence-corrected chi connectivity index (χ3v) is 6.63. The lowest BCUT2D eigenvalue weighted by atomic mass is 9.78. The van der Waals surface area contributed by atoms with Crippen molar-refractivity contribution in [3.8, 4) is 11.1 Å². The smallest absolute Gasteiger partial charge is 0.341 e. The van der Waals surface area contributed by atoms with Gasteiger partial charge in [0.25, 0.3) is 0 Å². The van der Waals surface area contributed by atoms with E-state index in [0.29, 0.717) is 28.4 Å². The number of aryl methyl sites for hydroxylation is 1. The Morgan fingerprint density at radius 3 is 2.40 bits per heavy atom. The van der Waals surface area contributed by atoms with E-state index in [1.54, 1.807) is 19.1 Å². The molecule has 1 aliphatic carbocycles. The Kier molecular flexibility index (Phi) is 7.15. The number of nitrogens with one attached hydrogen (secondary N) is 1. The van der Waals surface area contributed by atoms with Crippen LogP contribution in [0.15, 0.2) is 24.3 Å². The number of esters is 1. The average molecular weight is 450 g/mol. The second-order valence-corrected chi connectivity index (χ2v) is 8.95. The zero-order chi connectivity index (χ0) is 21.8. The van der Waals surface area contributed by atoms with Crippen LogP contribution in [0.25, 0.3) is 11.1 Å². The molecule has 30 heavy (non-hydrogen) atoms. The van der Waals surface area contributed by atoms with Gasteiger partial charge in [0.05, 0.1) is 18.4 Å². The summed E-state index contributed by atoms with van der Waals surface area (Å²) in [5.41, 5.74) is 1.76. The summed E-state index contributed by atoms with van der Waals surface area (Å²) in [4.78, 5) is 38.2. The second kappa shape index (κ2) is 9.62. The summed E-state index contributed by atoms with van der Waals surface area (Å²) in [7, 11) is 0. The monoisotopic (exact) mass is 449 g/mol. The molecule has 0 unspecified atom stereocenters. The summed E-state index contributed by atoms with van der Waals surface area (Å²) in [5.74, 6) is -3.17. The highest BCUT2D eigenvalue weighted by atomic mass is 35.5. The van der Waals surface area contributed by atoms with E-state index in [-0.39, 0.29) is 18.1 Å². The Labute approximate surface area is 184 Å². The third-order valence-electron chi connectivity index (χ3n) is 5.35. The fourth-order valence-electron chi connectivity index (χ4n) is 3.94. The minimum Gasteiger partial charge on any atom is -0.481 e. The van der Waals surface area contributed by atoms with Crippen LogP contribution in [0.5, 0.6) is 0 Å². The van der Waals surface area contributed by atoms with Crippen molar-refractivity contribution in [2.45, 2.75) is 39.5 Å². The molecular weight excluding hydrogens is 426 g/mol. The van der Waals surface area contributed by atoms with Gasteiger partial charge >= 0.3 is 11.9 Å². The maximum atomic E-state index is 13.0. The predicted octanol–water partition coefficient (Wildman–Crippen LogP) is 5.38. The van der Waals surface area contributed by atoms with Crippen molar-refractivity contribution in [3.63, 3.8) is 0 Å². The highest BCUT2D eigenvalue weighted by Crippen LogP contribution is 2.41. The number of carboxylic acid groups (broad SMARTS) is 1. The molecule has 0 aliphatic heterocycles. The highest BCUT2D eigenvalue weighted by molar-refractivity contribution is 7.17. The van der Waals surface area contributed by atoms with E-state index in [9.17, 15) is 19.5 Å². The Balaban J connectivity index is 1.99. The van der Waals surface area contributed by atoms with Crippen molar-refractivity contribution in [2.24, 2.45) is 11.8 Å². The fourth-order valence-corrected chi connectivity index (χ4v) is 5.13. The maximum absolute atomic E-state index is 13.0. The summed E-state index contributed by atoms with van der Waals surface area (Å²) in [6.45, 7) is 3.79. The topological polar surface area (TPSA) is 92.7 Å². The van der Waals surface area contributed by atoms with Gasteiger partial charge < -0.3 is 15.2 Å². The van der Waals surface area contributed by atoms with Crippen LogP contribution in [0.4, 0.5) is 5.00 Å². The van der Waals surface area contributed by atoms with Gasteiger partial charge in [-0.05, 0) is 44.4 Å². The number of carbonyl (C=O) groups is 3. The van der Waals surface area contributed by atoms with Crippen LogP contribution in [0.3, 0.4) is 0 Å². The van der Waals surface area contributed by atoms with Crippen molar-refractivity contribution >= 4 is 45.8 Å². The van der Waals surface area contributed by atoms with Crippen molar-refractivity contribution in [1.82, 2.24) is 0 Å². The standard InChI is InChI=1S/C22H24ClNO5S/c1-3-29-22(28)18-17(13-8-10-14(23)11-9-13)12(2)30-20(18)24-19(25)15-6-4-5-7-16(15)21(26)27/h8-11,15-16H,3-7H2,1-2H3,(H,24,25)(H,26,27)/t15-,16+/m1/s1. The van der Waals surface area contributed by atoms with Crippen LogP contribution in [-0.2, 0) is 14.3 Å². The van der Waals surface area contributed by atoms with Crippen molar-refractivity contribution < 1.29 is 24.2 Å². The summed E-state index contributed by atoms with van der Waals surface area (Å²) < 4.78 is 5.25. The molecule has 2 atom stereocenters. The van der Waals surface area contributed by atoms with Crippen LogP contribution in [0.1, 0.15) is 47.8 Å². The Hall–Kier alpha value is -2.38. The molecule has 1 aromatic carbocycles. The van der Waals surface area contributed by atoms with Crippen LogP contribution < -0.4 is 5.32 Å². The molecule has 2 aromatic rings. The van der Waals surface area contributed by atoms with Gasteiger partial charge in [-0.15, -0.1) is 11.3 Å². The normalized spacial score (nSPS) is 18.6. The van der Waals surface area contributed by atoms with Crippen molar-refractivity contribution in [1.29, 1.82) is 0 Å². The first-order chi connectivity index (χ1) is 14.3. The van der Waals surface area contributed by atoms with E-state index in [4.69, 9.17) is 16.3 Å². The Bertz CT molecular complexity index is 953. The lowest BCUT2D eigenvalue weighted by Crippen LogP contribution is -2.36. The van der Waals surface area contributed by atoms with E-state index in [2.05, 4.69) is 5.32 Å². The predicted molar refractivity (Wildman–Crippen MR) is 117 cm³/mol. The van der Waals surface area contributed by atoms with Crippen molar-refractivity contribution in [3.05, 3.63) is 39.7 Å². The van der Waals surface area contributed by atoms with E-state index in [1.165, 1.54) is 11.3 Å². The van der Waals surface area contributed by atoms with Gasteiger partial charge in [-0.1, -0.05) is 36.6 Å². The Morgan fingerprint density at radius 2 is 1.80 bits per heavy atom. The zero-order valence-corrected chi connectivity index (χ0v) is 18.4. The van der Waals surface area contributed by atoms with Gasteiger partial charge in [0.1, 0.15) is 10.6 Å². The second-order valence-electron chi connectivity index (χ2n) is 7.29. The average Bonchev–Trinajstić information content (AvgIpc) is 3.04. The highest BCUT2D eigenvalue weighted by Gasteiger charge is 2.37. The quantitative estimate of drug-likeness (QED) is 0.577. The summed E-state index contributed by atoms with van der Waals surface area (Å²) >= 11 is 7.28. The SMILES string of the molecule is CCOC(=O)c1c(NC(=O)[C@@H]2CCCC[C@@H]2C(=O)O)sc(C)c1-c1ccc(Cl)cc1. The number of amides is 1. The van der Waals surface area contributed by atoms with Crippen LogP contribution in [0, 0.1) is 18.8 Å². The minimum atomic E-state index is -0.954. The number of hydrogen-bond acceptors (Lipinski definition) is 5. The first-order valence-electron chi connectivity index (χ1n) is 9.93. The Morgan fingerprint density at radius 1 is 1.17 bits per heavy atom. The molecule has 6 nitrogen and oxygen atoms in total. The van der Waals surface area contributed by atoms with Crippen LogP contribution in [-0.4, -0.2) is 29.6 Å². The number of anilines is 1. The summed E-state index contributed by atoms with van der Waals surface area (Å²) in [5, 5.41) is 13.3. The number of aliphatic carboxylic acids is 1. The van der Waals surface area contributed by atoms with Crippen molar-refractivity contribution in [2.75, 3.05) is 11.9 Å². The molecule has 160 valence electrons. The molecule has 0 radical (unpaired) electrons. The molecule has 1 aromatic heterocycles. The largest absolute Gasteiger partial charge is 0.481 e. The molecule has 1 fully saturated rings. The third kappa shape index (κ3) is 4.68. The number of hydrogen-bond donors (Lipinski definition) is 2. The minimum absolute atomic E-state index is 0.199. The molecule has 1 heterocycles. The molecule has 8 heteroatoms. The number of carboxylic acids is 1. The van der Waals surface area contributed by atoms with E-state index in [1.807, 2.05) is 19.1 Å². The van der Waals surface area contributed by atoms with Gasteiger partial charge in [-0.2, -0.15) is 0 Å². The van der Waals surface area contributed by atoms with Gasteiger partial charge in [0.2, 0.25) is 5.91 Å². The molecule has 2 N–H and O–H groups in total. The molecule has 1 amide bonds. The van der Waals surface area contributed by atoms with Gasteiger partial charge in [-0.25, -0.2) is 4.79 Å². The lowest BCUT2D eigenvalue weighted by Gasteiger charge is -2.27. The number of rotatable bonds is 6. The number of benzene rings is 1. The molecule has 0 saturated heterocycles. The number of thiophene rings is 1. The first-order valence-corrected chi connectivity index (χ1v) is 11.1. The number of carbonyl (C=O) groups excluding carboxylic acids is 2. The zero-order valence-electron chi connectivity index (χ0n) is 16.9. The maximum Gasteiger partial charge on any atom is 0.341 e.